The van der Waals surface area contributed by atoms with Crippen LogP contribution in [-0.2, 0) is 16.6 Å². The number of anilines is 1. The lowest BCUT2D eigenvalue weighted by molar-refractivity contribution is 0.509. The van der Waals surface area contributed by atoms with Crippen molar-refractivity contribution < 1.29 is 17.2 Å². The molecule has 8 heteroatoms. The first kappa shape index (κ1) is 17.3. The Kier molecular flexibility index (Phi) is 4.47. The maximum absolute atomic E-state index is 13.3. The zero-order valence-corrected chi connectivity index (χ0v) is 14.5. The van der Waals surface area contributed by atoms with E-state index < -0.39 is 21.7 Å². The number of rotatable bonds is 5. The van der Waals surface area contributed by atoms with E-state index in [1.165, 1.54) is 12.3 Å². The van der Waals surface area contributed by atoms with E-state index in [0.717, 1.165) is 12.1 Å². The van der Waals surface area contributed by atoms with Gasteiger partial charge in [-0.2, -0.15) is 0 Å². The second-order valence-corrected chi connectivity index (χ2v) is 7.80. The summed E-state index contributed by atoms with van der Waals surface area (Å²) in [5, 5.41) is 0.471. The zero-order valence-electron chi connectivity index (χ0n) is 13.7. The molecule has 0 fully saturated rings. The number of nitrogens with one attached hydrogen (secondary N) is 1. The maximum atomic E-state index is 13.3. The van der Waals surface area contributed by atoms with Gasteiger partial charge >= 0.3 is 0 Å². The zero-order chi connectivity index (χ0) is 18.2. The summed E-state index contributed by atoms with van der Waals surface area (Å²) in [6.07, 6.45) is 3.11. The molecule has 3 aromatic rings. The summed E-state index contributed by atoms with van der Waals surface area (Å²) in [5.41, 5.74) is 0.509. The van der Waals surface area contributed by atoms with E-state index in [0.29, 0.717) is 23.5 Å². The van der Waals surface area contributed by atoms with Crippen molar-refractivity contribution in [3.63, 3.8) is 0 Å². The third kappa shape index (κ3) is 3.48. The minimum atomic E-state index is -3.98. The molecular weight excluding hydrogens is 348 g/mol. The van der Waals surface area contributed by atoms with Crippen LogP contribution in [0.25, 0.3) is 11.0 Å². The quantitative estimate of drug-likeness (QED) is 0.749. The van der Waals surface area contributed by atoms with Crippen LogP contribution in [0.4, 0.5) is 14.5 Å². The molecule has 1 aromatic carbocycles. The van der Waals surface area contributed by atoms with Crippen LogP contribution in [0.3, 0.4) is 0 Å². The van der Waals surface area contributed by atoms with E-state index in [4.69, 9.17) is 0 Å². The van der Waals surface area contributed by atoms with Gasteiger partial charge in [-0.1, -0.05) is 13.8 Å². The highest BCUT2D eigenvalue weighted by Crippen LogP contribution is 2.27. The fraction of sp³-hybridized carbons (Fsp3) is 0.235. The third-order valence-electron chi connectivity index (χ3n) is 3.62. The number of hydrogen-bond acceptors (Lipinski definition) is 3. The van der Waals surface area contributed by atoms with Crippen LogP contribution in [0.1, 0.15) is 13.8 Å². The minimum absolute atomic E-state index is 0.0426. The molecule has 0 atom stereocenters. The summed E-state index contributed by atoms with van der Waals surface area (Å²) < 4.78 is 55.9. The van der Waals surface area contributed by atoms with E-state index in [1.807, 2.05) is 13.8 Å². The number of hydrogen-bond donors (Lipinski definition) is 1. The van der Waals surface area contributed by atoms with Crippen LogP contribution in [0.5, 0.6) is 0 Å². The predicted molar refractivity (Wildman–Crippen MR) is 91.7 cm³/mol. The molecule has 2 heterocycles. The Morgan fingerprint density at radius 3 is 2.64 bits per heavy atom. The fourth-order valence-corrected chi connectivity index (χ4v) is 3.87. The average molecular weight is 365 g/mol. The van der Waals surface area contributed by atoms with Crippen LogP contribution >= 0.6 is 0 Å². The number of sulfonamides is 1. The lowest BCUT2D eigenvalue weighted by atomic mass is 10.2. The first-order valence-corrected chi connectivity index (χ1v) is 9.18. The van der Waals surface area contributed by atoms with E-state index in [-0.39, 0.29) is 10.6 Å². The minimum Gasteiger partial charge on any atom is -0.331 e. The van der Waals surface area contributed by atoms with E-state index in [9.17, 15) is 17.2 Å². The predicted octanol–water partition coefficient (Wildman–Crippen LogP) is 3.77. The van der Waals surface area contributed by atoms with Gasteiger partial charge in [0.05, 0.1) is 5.69 Å². The number of halogens is 2. The van der Waals surface area contributed by atoms with Gasteiger partial charge in [0.2, 0.25) is 0 Å². The Hall–Kier alpha value is -2.48. The smallest absolute Gasteiger partial charge is 0.264 e. The molecule has 0 aliphatic carbocycles. The molecule has 0 radical (unpaired) electrons. The molecule has 3 rings (SSSR count). The SMILES string of the molecule is CC(C)Cn1cc(S(=O)(=O)Nc2ccc(F)c(F)c2)c2cccnc21. The first-order chi connectivity index (χ1) is 11.8. The molecule has 0 spiro atoms. The number of benzene rings is 1. The molecule has 25 heavy (non-hydrogen) atoms. The highest BCUT2D eigenvalue weighted by atomic mass is 32.2. The molecule has 2 aromatic heterocycles. The van der Waals surface area contributed by atoms with Gasteiger partial charge in [0.15, 0.2) is 11.6 Å². The largest absolute Gasteiger partial charge is 0.331 e. The normalized spacial score (nSPS) is 12.0. The molecule has 0 saturated carbocycles. The van der Waals surface area contributed by atoms with Crippen molar-refractivity contribution in [1.82, 2.24) is 9.55 Å². The molecule has 0 bridgehead atoms. The van der Waals surface area contributed by atoms with Crippen LogP contribution in [0.2, 0.25) is 0 Å². The highest BCUT2D eigenvalue weighted by Gasteiger charge is 2.22. The van der Waals surface area contributed by atoms with Gasteiger partial charge < -0.3 is 4.57 Å². The molecule has 0 unspecified atom stereocenters. The highest BCUT2D eigenvalue weighted by molar-refractivity contribution is 7.93. The van der Waals surface area contributed by atoms with Crippen molar-refractivity contribution in [1.29, 1.82) is 0 Å². The average Bonchev–Trinajstić information content (AvgIpc) is 2.90. The summed E-state index contributed by atoms with van der Waals surface area (Å²) in [5.74, 6) is -1.86. The van der Waals surface area contributed by atoms with E-state index in [1.54, 1.807) is 22.9 Å². The first-order valence-electron chi connectivity index (χ1n) is 7.69. The van der Waals surface area contributed by atoms with E-state index >= 15 is 0 Å². The Morgan fingerprint density at radius 2 is 1.96 bits per heavy atom. The summed E-state index contributed by atoms with van der Waals surface area (Å²) in [6.45, 7) is 4.64. The second kappa shape index (κ2) is 6.44. The Labute approximate surface area is 144 Å². The van der Waals surface area contributed by atoms with Gasteiger partial charge in [0, 0.05) is 30.4 Å². The van der Waals surface area contributed by atoms with Crippen LogP contribution in [0, 0.1) is 17.6 Å². The van der Waals surface area contributed by atoms with Crippen molar-refractivity contribution in [3.8, 4) is 0 Å². The standard InChI is InChI=1S/C17H17F2N3O2S/c1-11(2)9-22-10-16(13-4-3-7-20-17(13)22)25(23,24)21-12-5-6-14(18)15(19)8-12/h3-8,10-11,21H,9H2,1-2H3. The lowest BCUT2D eigenvalue weighted by Gasteiger charge is -2.08. The van der Waals surface area contributed by atoms with Crippen LogP contribution in [-0.4, -0.2) is 18.0 Å². The molecule has 0 saturated heterocycles. The van der Waals surface area contributed by atoms with Crippen molar-refractivity contribution in [2.75, 3.05) is 4.72 Å². The summed E-state index contributed by atoms with van der Waals surface area (Å²) in [6, 6.07) is 6.16. The van der Waals surface area contributed by atoms with Crippen molar-refractivity contribution in [2.24, 2.45) is 5.92 Å². The summed E-state index contributed by atoms with van der Waals surface area (Å²) >= 11 is 0. The Bertz CT molecular complexity index is 1030. The molecule has 0 amide bonds. The van der Waals surface area contributed by atoms with Gasteiger partial charge in [-0.15, -0.1) is 0 Å². The van der Waals surface area contributed by atoms with Crippen LogP contribution < -0.4 is 4.72 Å². The summed E-state index contributed by atoms with van der Waals surface area (Å²) in [4.78, 5) is 4.30. The molecule has 1 N–H and O–H groups in total. The van der Waals surface area contributed by atoms with Gasteiger partial charge in [0.1, 0.15) is 10.5 Å². The van der Waals surface area contributed by atoms with Crippen LogP contribution in [0.15, 0.2) is 47.6 Å². The molecule has 132 valence electrons. The monoisotopic (exact) mass is 365 g/mol. The van der Waals surface area contributed by atoms with Crippen molar-refractivity contribution in [3.05, 3.63) is 54.4 Å². The molecule has 0 aliphatic heterocycles. The van der Waals surface area contributed by atoms with Crippen molar-refractivity contribution in [2.45, 2.75) is 25.3 Å². The topological polar surface area (TPSA) is 64.0 Å². The van der Waals surface area contributed by atoms with Gasteiger partial charge in [-0.05, 0) is 30.2 Å². The Balaban J connectivity index is 2.06. The lowest BCUT2D eigenvalue weighted by Crippen LogP contribution is -2.13. The van der Waals surface area contributed by atoms with Gasteiger partial charge in [-0.25, -0.2) is 22.2 Å². The Morgan fingerprint density at radius 1 is 1.20 bits per heavy atom. The van der Waals surface area contributed by atoms with Gasteiger partial charge in [-0.3, -0.25) is 4.72 Å². The van der Waals surface area contributed by atoms with E-state index in [2.05, 4.69) is 9.71 Å². The third-order valence-corrected chi connectivity index (χ3v) is 5.03. The molecular formula is C17H17F2N3O2S. The number of pyridine rings is 1. The second-order valence-electron chi connectivity index (χ2n) is 6.15. The van der Waals surface area contributed by atoms with Gasteiger partial charge in [0.25, 0.3) is 10.0 Å². The number of aromatic nitrogens is 2. The maximum Gasteiger partial charge on any atom is 0.264 e. The number of fused-ring (bicyclic) bond motifs is 1. The summed E-state index contributed by atoms with van der Waals surface area (Å²) in [7, 11) is -3.98. The number of nitrogens with zero attached hydrogens (tertiary/aromatic N) is 2. The fourth-order valence-electron chi connectivity index (χ4n) is 2.61. The van der Waals surface area contributed by atoms with Crippen molar-refractivity contribution >= 4 is 26.7 Å². The molecule has 0 aliphatic rings. The molecule has 5 nitrogen and oxygen atoms in total.